The summed E-state index contributed by atoms with van der Waals surface area (Å²) < 4.78 is 6.50. The van der Waals surface area contributed by atoms with E-state index < -0.39 is 17.0 Å². The number of ketones is 1. The van der Waals surface area contributed by atoms with Gasteiger partial charge in [-0.3, -0.25) is 19.4 Å². The molecule has 1 aromatic carbocycles. The Morgan fingerprint density at radius 2 is 1.79 bits per heavy atom. The number of hydrogen-bond donors (Lipinski definition) is 2. The number of nitrogens with zero attached hydrogens (tertiary/aromatic N) is 3. The molecule has 33 heavy (non-hydrogen) atoms. The van der Waals surface area contributed by atoms with Gasteiger partial charge in [0, 0.05) is 18.1 Å². The average Bonchev–Trinajstić information content (AvgIpc) is 2.75. The van der Waals surface area contributed by atoms with Crippen molar-refractivity contribution >= 4 is 29.0 Å². The zero-order valence-corrected chi connectivity index (χ0v) is 19.6. The van der Waals surface area contributed by atoms with Gasteiger partial charge in [0.1, 0.15) is 0 Å². The number of aromatic amines is 2. The van der Waals surface area contributed by atoms with E-state index in [1.54, 1.807) is 0 Å². The van der Waals surface area contributed by atoms with E-state index in [0.717, 1.165) is 11.1 Å². The van der Waals surface area contributed by atoms with Crippen molar-refractivity contribution < 1.29 is 9.53 Å². The molecule has 0 atom stereocenters. The molecule has 3 aromatic rings. The van der Waals surface area contributed by atoms with E-state index in [1.807, 2.05) is 20.8 Å². The largest absolute Gasteiger partial charge is 0.434 e. The summed E-state index contributed by atoms with van der Waals surface area (Å²) in [5, 5.41) is 10.1. The summed E-state index contributed by atoms with van der Waals surface area (Å²) in [6, 6.07) is 4.15. The van der Waals surface area contributed by atoms with Crippen molar-refractivity contribution in [3.05, 3.63) is 70.7 Å². The lowest BCUT2D eigenvalue weighted by Crippen LogP contribution is -2.35. The van der Waals surface area contributed by atoms with Crippen LogP contribution in [0.1, 0.15) is 62.0 Å². The summed E-state index contributed by atoms with van der Waals surface area (Å²) in [7, 11) is 0. The van der Waals surface area contributed by atoms with Crippen LogP contribution in [0.2, 0.25) is 10.0 Å². The number of benzene rings is 1. The number of unbranched alkanes of at least 4 members (excludes halogenated alkanes) is 1. The number of carbonyl (C=O) groups is 1. The van der Waals surface area contributed by atoms with Gasteiger partial charge in [-0.1, -0.05) is 50.4 Å². The second kappa shape index (κ2) is 10.1. The predicted octanol–water partition coefficient (Wildman–Crippen LogP) is 3.60. The Hall–Kier alpha value is -3.24. The molecule has 0 aliphatic heterocycles. The van der Waals surface area contributed by atoms with Crippen molar-refractivity contribution in [2.24, 2.45) is 0 Å². The van der Waals surface area contributed by atoms with E-state index >= 15 is 0 Å². The smallest absolute Gasteiger partial charge is 0.349 e. The standard InChI is InChI=1S/C21H21Cl2N5O5/c1-4-5-6-15(29)17-20(31)24-21(32)28(27-17)11-7-13(22)18(14(23)8-11)33-16-9-12(10(2)3)19(30)26-25-16/h7-10H,4-6H2,1-3H3,(H,26,30)(H,24,31,32). The van der Waals surface area contributed by atoms with Crippen molar-refractivity contribution in [2.45, 2.75) is 46.0 Å². The zero-order chi connectivity index (χ0) is 24.3. The maximum absolute atomic E-state index is 12.3. The van der Waals surface area contributed by atoms with E-state index in [-0.39, 0.29) is 51.0 Å². The van der Waals surface area contributed by atoms with Crippen LogP contribution in [-0.4, -0.2) is 30.7 Å². The highest BCUT2D eigenvalue weighted by Crippen LogP contribution is 2.37. The Bertz CT molecular complexity index is 1350. The van der Waals surface area contributed by atoms with Gasteiger partial charge >= 0.3 is 5.69 Å². The van der Waals surface area contributed by atoms with Gasteiger partial charge in [-0.15, -0.1) is 5.10 Å². The molecule has 0 saturated heterocycles. The van der Waals surface area contributed by atoms with Gasteiger partial charge < -0.3 is 4.74 Å². The SMILES string of the molecule is CCCCC(=O)c1nn(-c2cc(Cl)c(Oc3cc(C(C)C)c(=O)[nH]n3)c(Cl)c2)c(=O)[nH]c1=O. The fourth-order valence-electron chi connectivity index (χ4n) is 2.97. The van der Waals surface area contributed by atoms with E-state index in [4.69, 9.17) is 27.9 Å². The van der Waals surface area contributed by atoms with Gasteiger partial charge in [-0.25, -0.2) is 9.89 Å². The first-order valence-electron chi connectivity index (χ1n) is 10.2. The molecular weight excluding hydrogens is 473 g/mol. The third-order valence-corrected chi connectivity index (χ3v) is 5.28. The Labute approximate surface area is 197 Å². The van der Waals surface area contributed by atoms with E-state index in [0.29, 0.717) is 12.0 Å². The highest BCUT2D eigenvalue weighted by atomic mass is 35.5. The minimum atomic E-state index is -0.864. The molecule has 3 rings (SSSR count). The Morgan fingerprint density at radius 1 is 1.12 bits per heavy atom. The number of Topliss-reactive ketones (excluding diaryl/α,β-unsaturated/α-hetero) is 1. The van der Waals surface area contributed by atoms with Crippen LogP contribution in [-0.2, 0) is 0 Å². The average molecular weight is 494 g/mol. The van der Waals surface area contributed by atoms with E-state index in [2.05, 4.69) is 20.3 Å². The second-order valence-corrected chi connectivity index (χ2v) is 8.35. The molecule has 0 fully saturated rings. The predicted molar refractivity (Wildman–Crippen MR) is 123 cm³/mol. The van der Waals surface area contributed by atoms with Crippen LogP contribution >= 0.6 is 23.2 Å². The van der Waals surface area contributed by atoms with E-state index in [1.165, 1.54) is 18.2 Å². The normalized spacial score (nSPS) is 11.1. The van der Waals surface area contributed by atoms with Crippen molar-refractivity contribution in [3.8, 4) is 17.3 Å². The third kappa shape index (κ3) is 5.40. The molecule has 0 radical (unpaired) electrons. The lowest BCUT2D eigenvalue weighted by Gasteiger charge is -2.12. The van der Waals surface area contributed by atoms with Crippen molar-refractivity contribution in [1.29, 1.82) is 0 Å². The van der Waals surface area contributed by atoms with E-state index in [9.17, 15) is 19.2 Å². The molecule has 12 heteroatoms. The summed E-state index contributed by atoms with van der Waals surface area (Å²) in [6.07, 6.45) is 1.47. The highest BCUT2D eigenvalue weighted by molar-refractivity contribution is 6.37. The van der Waals surface area contributed by atoms with Crippen LogP contribution in [0.15, 0.2) is 32.6 Å². The number of rotatable bonds is 8. The summed E-state index contributed by atoms with van der Waals surface area (Å²) in [5.41, 5.74) is -1.86. The van der Waals surface area contributed by atoms with Crippen molar-refractivity contribution in [1.82, 2.24) is 25.0 Å². The fraction of sp³-hybridized carbons (Fsp3) is 0.333. The third-order valence-electron chi connectivity index (χ3n) is 4.71. The monoisotopic (exact) mass is 493 g/mol. The first-order valence-corrected chi connectivity index (χ1v) is 10.9. The summed E-state index contributed by atoms with van der Waals surface area (Å²) in [5.74, 6) is -0.444. The number of carbonyl (C=O) groups excluding carboxylic acids is 1. The lowest BCUT2D eigenvalue weighted by atomic mass is 10.1. The van der Waals surface area contributed by atoms with Gasteiger partial charge in [0.05, 0.1) is 15.7 Å². The number of hydrogen-bond acceptors (Lipinski definition) is 7. The van der Waals surface area contributed by atoms with Crippen LogP contribution in [0.3, 0.4) is 0 Å². The van der Waals surface area contributed by atoms with Crippen molar-refractivity contribution in [3.63, 3.8) is 0 Å². The van der Waals surface area contributed by atoms with Crippen LogP contribution in [0.5, 0.6) is 11.6 Å². The molecular formula is C21H21Cl2N5O5. The van der Waals surface area contributed by atoms with Crippen molar-refractivity contribution in [2.75, 3.05) is 0 Å². The molecule has 0 saturated carbocycles. The van der Waals surface area contributed by atoms with Crippen LogP contribution in [0.25, 0.3) is 5.69 Å². The number of nitrogens with one attached hydrogen (secondary N) is 2. The number of ether oxygens (including phenoxy) is 1. The Kier molecular flexibility index (Phi) is 7.50. The van der Waals surface area contributed by atoms with Gasteiger partial charge in [0.2, 0.25) is 5.88 Å². The molecule has 2 aromatic heterocycles. The molecule has 0 aliphatic rings. The molecule has 2 N–H and O–H groups in total. The summed E-state index contributed by atoms with van der Waals surface area (Å²) in [4.78, 5) is 50.7. The minimum Gasteiger partial charge on any atom is -0.434 e. The van der Waals surface area contributed by atoms with Gasteiger partial charge in [0.25, 0.3) is 11.1 Å². The first kappa shape index (κ1) is 24.4. The Balaban J connectivity index is 2.01. The molecule has 10 nitrogen and oxygen atoms in total. The topological polar surface area (TPSA) is 140 Å². The van der Waals surface area contributed by atoms with Gasteiger partial charge in [0.15, 0.2) is 17.2 Å². The molecule has 0 amide bonds. The van der Waals surface area contributed by atoms with Gasteiger partial charge in [-0.05, 0) is 24.5 Å². The quantitative estimate of drug-likeness (QED) is 0.456. The molecule has 0 unspecified atom stereocenters. The first-order chi connectivity index (χ1) is 15.6. The maximum Gasteiger partial charge on any atom is 0.349 e. The van der Waals surface area contributed by atoms with Crippen LogP contribution in [0.4, 0.5) is 0 Å². The minimum absolute atomic E-state index is 0.00959. The molecule has 2 heterocycles. The summed E-state index contributed by atoms with van der Waals surface area (Å²) in [6.45, 7) is 5.60. The number of aromatic nitrogens is 5. The highest BCUT2D eigenvalue weighted by Gasteiger charge is 2.19. The molecule has 0 aliphatic carbocycles. The van der Waals surface area contributed by atoms with Gasteiger partial charge in [-0.2, -0.15) is 9.78 Å². The Morgan fingerprint density at radius 3 is 2.39 bits per heavy atom. The molecule has 0 bridgehead atoms. The fourth-order valence-corrected chi connectivity index (χ4v) is 3.52. The lowest BCUT2D eigenvalue weighted by molar-refractivity contribution is 0.0971. The number of H-pyrrole nitrogens is 2. The molecule has 174 valence electrons. The van der Waals surface area contributed by atoms with Crippen LogP contribution in [0, 0.1) is 0 Å². The maximum atomic E-state index is 12.3. The summed E-state index contributed by atoms with van der Waals surface area (Å²) >= 11 is 12.7. The second-order valence-electron chi connectivity index (χ2n) is 7.53. The van der Waals surface area contributed by atoms with Crippen LogP contribution < -0.4 is 21.5 Å². The number of halogens is 2. The molecule has 0 spiro atoms. The zero-order valence-electron chi connectivity index (χ0n) is 18.1.